The Morgan fingerprint density at radius 1 is 0.938 bits per heavy atom. The molecule has 0 aromatic heterocycles. The minimum Gasteiger partial charge on any atom is -0.494 e. The van der Waals surface area contributed by atoms with Gasteiger partial charge in [-0.1, -0.05) is 66.2 Å². The Hall–Kier alpha value is -2.37. The zero-order valence-corrected chi connectivity index (χ0v) is 19.2. The van der Waals surface area contributed by atoms with Crippen LogP contribution in [0.3, 0.4) is 0 Å². The zero-order chi connectivity index (χ0) is 22.4. The molecule has 2 atom stereocenters. The van der Waals surface area contributed by atoms with Crippen LogP contribution in [-0.4, -0.2) is 49.5 Å². The fourth-order valence-electron chi connectivity index (χ4n) is 4.45. The van der Waals surface area contributed by atoms with Crippen molar-refractivity contribution in [1.82, 2.24) is 4.90 Å². The SMILES string of the molecule is CCOc1ccc([C@@](O)(c2ccccc2)[C@@H](CN2CCOCC2)c2ccc(Cl)cc2)cc1. The second kappa shape index (κ2) is 10.5. The van der Waals surface area contributed by atoms with Crippen molar-refractivity contribution in [2.24, 2.45) is 0 Å². The van der Waals surface area contributed by atoms with E-state index in [-0.39, 0.29) is 5.92 Å². The number of ether oxygens (including phenoxy) is 2. The Morgan fingerprint density at radius 2 is 1.56 bits per heavy atom. The molecule has 0 saturated carbocycles. The molecule has 168 valence electrons. The monoisotopic (exact) mass is 451 g/mol. The van der Waals surface area contributed by atoms with Gasteiger partial charge in [0.15, 0.2) is 0 Å². The van der Waals surface area contributed by atoms with Gasteiger partial charge in [-0.25, -0.2) is 0 Å². The summed E-state index contributed by atoms with van der Waals surface area (Å²) in [4.78, 5) is 2.37. The number of aliphatic hydroxyl groups is 1. The molecule has 3 aromatic rings. The molecule has 0 spiro atoms. The smallest absolute Gasteiger partial charge is 0.123 e. The lowest BCUT2D eigenvalue weighted by Crippen LogP contribution is -2.45. The molecular formula is C27H30ClNO3. The molecule has 32 heavy (non-hydrogen) atoms. The summed E-state index contributed by atoms with van der Waals surface area (Å²) in [7, 11) is 0. The van der Waals surface area contributed by atoms with Gasteiger partial charge in [-0.05, 0) is 47.9 Å². The van der Waals surface area contributed by atoms with Gasteiger partial charge in [0.1, 0.15) is 11.4 Å². The maximum absolute atomic E-state index is 12.6. The number of benzene rings is 3. The molecule has 0 radical (unpaired) electrons. The molecule has 3 aromatic carbocycles. The van der Waals surface area contributed by atoms with Crippen LogP contribution >= 0.6 is 11.6 Å². The summed E-state index contributed by atoms with van der Waals surface area (Å²) >= 11 is 6.20. The number of nitrogens with zero attached hydrogens (tertiary/aromatic N) is 1. The van der Waals surface area contributed by atoms with Gasteiger partial charge >= 0.3 is 0 Å². The van der Waals surface area contributed by atoms with Crippen LogP contribution in [0.4, 0.5) is 0 Å². The fourth-order valence-corrected chi connectivity index (χ4v) is 4.57. The molecule has 4 nitrogen and oxygen atoms in total. The van der Waals surface area contributed by atoms with Crippen LogP contribution < -0.4 is 4.74 Å². The molecule has 1 fully saturated rings. The van der Waals surface area contributed by atoms with E-state index in [4.69, 9.17) is 21.1 Å². The Labute approximate surface area is 195 Å². The summed E-state index contributed by atoms with van der Waals surface area (Å²) in [5.74, 6) is 0.584. The van der Waals surface area contributed by atoms with Crippen LogP contribution in [0.2, 0.25) is 5.02 Å². The van der Waals surface area contributed by atoms with E-state index in [0.29, 0.717) is 31.4 Å². The van der Waals surface area contributed by atoms with Gasteiger partial charge in [-0.3, -0.25) is 4.90 Å². The van der Waals surface area contributed by atoms with E-state index >= 15 is 0 Å². The lowest BCUT2D eigenvalue weighted by Gasteiger charge is -2.41. The van der Waals surface area contributed by atoms with Gasteiger partial charge in [0.25, 0.3) is 0 Å². The highest BCUT2D eigenvalue weighted by molar-refractivity contribution is 6.30. The normalized spacial score (nSPS) is 17.5. The van der Waals surface area contributed by atoms with Crippen LogP contribution in [0.5, 0.6) is 5.75 Å². The van der Waals surface area contributed by atoms with Gasteiger partial charge in [0.05, 0.1) is 19.8 Å². The van der Waals surface area contributed by atoms with Gasteiger partial charge in [-0.15, -0.1) is 0 Å². The molecule has 5 heteroatoms. The predicted molar refractivity (Wildman–Crippen MR) is 129 cm³/mol. The van der Waals surface area contributed by atoms with Crippen LogP contribution in [0.15, 0.2) is 78.9 Å². The molecule has 0 bridgehead atoms. The first-order valence-electron chi connectivity index (χ1n) is 11.2. The molecule has 1 saturated heterocycles. The van der Waals surface area contributed by atoms with Crippen molar-refractivity contribution < 1.29 is 14.6 Å². The standard InChI is InChI=1S/C27H30ClNO3/c1-2-32-25-14-10-23(11-15-25)27(30,22-6-4-3-5-7-22)26(20-29-16-18-31-19-17-29)21-8-12-24(28)13-9-21/h3-15,26,30H,2,16-20H2,1H3/t26-,27-/m0/s1. The van der Waals surface area contributed by atoms with Crippen LogP contribution in [0.25, 0.3) is 0 Å². The van der Waals surface area contributed by atoms with Crippen LogP contribution in [-0.2, 0) is 10.3 Å². The Kier molecular flexibility index (Phi) is 7.48. The van der Waals surface area contributed by atoms with Crippen molar-refractivity contribution in [2.75, 3.05) is 39.5 Å². The van der Waals surface area contributed by atoms with E-state index in [2.05, 4.69) is 4.90 Å². The fraction of sp³-hybridized carbons (Fsp3) is 0.333. The lowest BCUT2D eigenvalue weighted by molar-refractivity contribution is 0.000751. The van der Waals surface area contributed by atoms with Crippen molar-refractivity contribution in [3.05, 3.63) is 101 Å². The molecule has 0 aliphatic carbocycles. The number of halogens is 1. The maximum atomic E-state index is 12.6. The highest BCUT2D eigenvalue weighted by Crippen LogP contribution is 2.43. The summed E-state index contributed by atoms with van der Waals surface area (Å²) in [5.41, 5.74) is 1.50. The number of rotatable bonds is 8. The van der Waals surface area contributed by atoms with E-state index in [0.717, 1.165) is 35.5 Å². The minimum atomic E-state index is -1.24. The van der Waals surface area contributed by atoms with Crippen molar-refractivity contribution in [1.29, 1.82) is 0 Å². The summed E-state index contributed by atoms with van der Waals surface area (Å²) in [6, 6.07) is 25.6. The lowest BCUT2D eigenvalue weighted by atomic mass is 9.72. The summed E-state index contributed by atoms with van der Waals surface area (Å²) < 4.78 is 11.2. The topological polar surface area (TPSA) is 41.9 Å². The van der Waals surface area contributed by atoms with E-state index in [9.17, 15) is 5.11 Å². The molecular weight excluding hydrogens is 422 g/mol. The third kappa shape index (κ3) is 5.00. The van der Waals surface area contributed by atoms with Gasteiger partial charge in [0.2, 0.25) is 0 Å². The summed E-state index contributed by atoms with van der Waals surface area (Å²) in [6.07, 6.45) is 0. The second-order valence-electron chi connectivity index (χ2n) is 8.11. The third-order valence-electron chi connectivity index (χ3n) is 6.14. The number of hydrogen-bond donors (Lipinski definition) is 1. The van der Waals surface area contributed by atoms with Crippen LogP contribution in [0.1, 0.15) is 29.5 Å². The molecule has 1 N–H and O–H groups in total. The van der Waals surface area contributed by atoms with Crippen molar-refractivity contribution in [2.45, 2.75) is 18.4 Å². The highest BCUT2D eigenvalue weighted by Gasteiger charge is 2.42. The molecule has 4 rings (SSSR count). The maximum Gasteiger partial charge on any atom is 0.123 e. The average molecular weight is 452 g/mol. The van der Waals surface area contributed by atoms with Crippen molar-refractivity contribution in [3.63, 3.8) is 0 Å². The number of hydrogen-bond acceptors (Lipinski definition) is 4. The van der Waals surface area contributed by atoms with Gasteiger partial charge in [-0.2, -0.15) is 0 Å². The minimum absolute atomic E-state index is 0.210. The molecule has 1 aliphatic rings. The first kappa shape index (κ1) is 22.8. The Balaban J connectivity index is 1.82. The predicted octanol–water partition coefficient (Wildman–Crippen LogP) is 5.09. The number of morpholine rings is 1. The molecule has 1 aliphatic heterocycles. The van der Waals surface area contributed by atoms with Gasteiger partial charge < -0.3 is 14.6 Å². The van der Waals surface area contributed by atoms with Crippen molar-refractivity contribution in [3.8, 4) is 5.75 Å². The first-order chi connectivity index (χ1) is 15.6. The van der Waals surface area contributed by atoms with Crippen LogP contribution in [0, 0.1) is 0 Å². The van der Waals surface area contributed by atoms with E-state index < -0.39 is 5.60 Å². The first-order valence-corrected chi connectivity index (χ1v) is 11.6. The van der Waals surface area contributed by atoms with Gasteiger partial charge in [0, 0.05) is 30.6 Å². The largest absolute Gasteiger partial charge is 0.494 e. The second-order valence-corrected chi connectivity index (χ2v) is 8.54. The van der Waals surface area contributed by atoms with E-state index in [1.165, 1.54) is 0 Å². The summed E-state index contributed by atoms with van der Waals surface area (Å²) in [5, 5.41) is 13.2. The average Bonchev–Trinajstić information content (AvgIpc) is 2.85. The quantitative estimate of drug-likeness (QED) is 0.518. The molecule has 0 unspecified atom stereocenters. The zero-order valence-electron chi connectivity index (χ0n) is 18.4. The Bertz CT molecular complexity index is 972. The Morgan fingerprint density at radius 3 is 2.19 bits per heavy atom. The summed E-state index contributed by atoms with van der Waals surface area (Å²) in [6.45, 7) is 6.38. The van der Waals surface area contributed by atoms with Crippen molar-refractivity contribution >= 4 is 11.6 Å². The molecule has 1 heterocycles. The van der Waals surface area contributed by atoms with E-state index in [1.54, 1.807) is 0 Å². The molecule has 0 amide bonds. The van der Waals surface area contributed by atoms with E-state index in [1.807, 2.05) is 85.8 Å². The third-order valence-corrected chi connectivity index (χ3v) is 6.39. The highest BCUT2D eigenvalue weighted by atomic mass is 35.5.